The highest BCUT2D eigenvalue weighted by Gasteiger charge is 2.15. The first kappa shape index (κ1) is 11.6. The molecule has 1 atom stereocenters. The molecule has 0 aliphatic heterocycles. The third-order valence-corrected chi connectivity index (χ3v) is 2.71. The van der Waals surface area contributed by atoms with Gasteiger partial charge in [0, 0.05) is 12.6 Å². The third kappa shape index (κ3) is 2.29. The molecule has 0 saturated carbocycles. The Hall–Kier alpha value is -0.520. The van der Waals surface area contributed by atoms with Crippen molar-refractivity contribution in [3.05, 3.63) is 33.8 Å². The maximum atomic E-state index is 13.1. The molecule has 1 unspecified atom stereocenters. The van der Waals surface area contributed by atoms with Crippen LogP contribution in [0.4, 0.5) is 8.78 Å². The summed E-state index contributed by atoms with van der Waals surface area (Å²) in [6.45, 7) is -0.0907. The normalized spacial score (nSPS) is 12.9. The maximum absolute atomic E-state index is 13.1. The van der Waals surface area contributed by atoms with Gasteiger partial charge in [0.25, 0.3) is 0 Å². The van der Waals surface area contributed by atoms with Gasteiger partial charge in [0.15, 0.2) is 11.6 Å². The van der Waals surface area contributed by atoms with Crippen LogP contribution < -0.4 is 5.73 Å². The minimum Gasteiger partial charge on any atom is -0.396 e. The summed E-state index contributed by atoms with van der Waals surface area (Å²) in [6, 6.07) is 1.93. The molecular weight excluding hydrogens is 256 g/mol. The van der Waals surface area contributed by atoms with Crippen molar-refractivity contribution in [1.29, 1.82) is 0 Å². The number of hydrogen-bond donors (Lipinski definition) is 2. The number of aliphatic hydroxyl groups is 1. The van der Waals surface area contributed by atoms with Crippen LogP contribution in [0.25, 0.3) is 0 Å². The summed E-state index contributed by atoms with van der Waals surface area (Å²) >= 11 is 2.92. The second kappa shape index (κ2) is 4.82. The van der Waals surface area contributed by atoms with E-state index >= 15 is 0 Å². The lowest BCUT2D eigenvalue weighted by Gasteiger charge is -2.12. The highest BCUT2D eigenvalue weighted by molar-refractivity contribution is 9.10. The molecular formula is C9H10BrF2NO. The van der Waals surface area contributed by atoms with E-state index in [-0.39, 0.29) is 11.1 Å². The highest BCUT2D eigenvalue weighted by atomic mass is 79.9. The third-order valence-electron chi connectivity index (χ3n) is 1.90. The van der Waals surface area contributed by atoms with E-state index in [9.17, 15) is 8.78 Å². The minimum atomic E-state index is -0.948. The number of halogens is 3. The van der Waals surface area contributed by atoms with Crippen molar-refractivity contribution in [2.24, 2.45) is 5.73 Å². The van der Waals surface area contributed by atoms with Crippen LogP contribution in [0.3, 0.4) is 0 Å². The fraction of sp³-hybridized carbons (Fsp3) is 0.333. The van der Waals surface area contributed by atoms with E-state index in [1.165, 1.54) is 6.07 Å². The predicted octanol–water partition coefficient (Wildman–Crippen LogP) is 2.11. The Balaban J connectivity index is 3.04. The van der Waals surface area contributed by atoms with E-state index in [1.54, 1.807) is 0 Å². The topological polar surface area (TPSA) is 46.2 Å². The van der Waals surface area contributed by atoms with Crippen LogP contribution in [0.1, 0.15) is 18.0 Å². The molecule has 0 aliphatic carbocycles. The van der Waals surface area contributed by atoms with Crippen molar-refractivity contribution in [3.8, 4) is 0 Å². The molecule has 0 aromatic heterocycles. The summed E-state index contributed by atoms with van der Waals surface area (Å²) in [5.41, 5.74) is 6.10. The zero-order chi connectivity index (χ0) is 10.7. The Bertz CT molecular complexity index is 333. The number of nitrogens with two attached hydrogens (primary N) is 1. The van der Waals surface area contributed by atoms with E-state index < -0.39 is 17.7 Å². The summed E-state index contributed by atoms with van der Waals surface area (Å²) in [4.78, 5) is 0. The molecule has 14 heavy (non-hydrogen) atoms. The zero-order valence-electron chi connectivity index (χ0n) is 7.30. The summed E-state index contributed by atoms with van der Waals surface area (Å²) in [5.74, 6) is -1.87. The minimum absolute atomic E-state index is 0.0263. The molecule has 0 spiro atoms. The van der Waals surface area contributed by atoms with Gasteiger partial charge in [-0.15, -0.1) is 0 Å². The fourth-order valence-corrected chi connectivity index (χ4v) is 1.74. The van der Waals surface area contributed by atoms with Crippen LogP contribution in [0.15, 0.2) is 16.6 Å². The SMILES string of the molecule is NC(CCO)c1ccc(F)c(F)c1Br. The van der Waals surface area contributed by atoms with Crippen molar-refractivity contribution in [2.75, 3.05) is 6.61 Å². The maximum Gasteiger partial charge on any atom is 0.173 e. The highest BCUT2D eigenvalue weighted by Crippen LogP contribution is 2.27. The van der Waals surface area contributed by atoms with Gasteiger partial charge in [0.05, 0.1) is 4.47 Å². The Morgan fingerprint density at radius 2 is 2.07 bits per heavy atom. The van der Waals surface area contributed by atoms with Crippen molar-refractivity contribution in [3.63, 3.8) is 0 Å². The van der Waals surface area contributed by atoms with Crippen molar-refractivity contribution in [2.45, 2.75) is 12.5 Å². The Labute approximate surface area is 88.9 Å². The lowest BCUT2D eigenvalue weighted by Crippen LogP contribution is -2.13. The van der Waals surface area contributed by atoms with Crippen molar-refractivity contribution < 1.29 is 13.9 Å². The van der Waals surface area contributed by atoms with Crippen LogP contribution in [-0.4, -0.2) is 11.7 Å². The second-order valence-electron chi connectivity index (χ2n) is 2.88. The quantitative estimate of drug-likeness (QED) is 0.823. The van der Waals surface area contributed by atoms with Gasteiger partial charge in [-0.2, -0.15) is 0 Å². The Morgan fingerprint density at radius 3 is 2.64 bits per heavy atom. The molecule has 1 rings (SSSR count). The lowest BCUT2D eigenvalue weighted by molar-refractivity contribution is 0.276. The molecule has 0 fully saturated rings. The summed E-state index contributed by atoms with van der Waals surface area (Å²) in [7, 11) is 0. The molecule has 2 nitrogen and oxygen atoms in total. The van der Waals surface area contributed by atoms with Crippen LogP contribution >= 0.6 is 15.9 Å². The Morgan fingerprint density at radius 1 is 1.43 bits per heavy atom. The average molecular weight is 266 g/mol. The smallest absolute Gasteiger partial charge is 0.173 e. The van der Waals surface area contributed by atoms with Crippen molar-refractivity contribution in [1.82, 2.24) is 0 Å². The van der Waals surface area contributed by atoms with Crippen molar-refractivity contribution >= 4 is 15.9 Å². The average Bonchev–Trinajstić information content (AvgIpc) is 2.15. The molecule has 78 valence electrons. The first-order valence-electron chi connectivity index (χ1n) is 4.07. The Kier molecular flexibility index (Phi) is 3.97. The summed E-state index contributed by atoms with van der Waals surface area (Å²) < 4.78 is 25.8. The second-order valence-corrected chi connectivity index (χ2v) is 3.68. The van der Waals surface area contributed by atoms with E-state index in [2.05, 4.69) is 15.9 Å². The van der Waals surface area contributed by atoms with Crippen LogP contribution in [0.2, 0.25) is 0 Å². The number of aliphatic hydroxyl groups excluding tert-OH is 1. The molecule has 0 aliphatic rings. The number of benzene rings is 1. The van der Waals surface area contributed by atoms with E-state index in [4.69, 9.17) is 10.8 Å². The van der Waals surface area contributed by atoms with Crippen LogP contribution in [0.5, 0.6) is 0 Å². The molecule has 1 aromatic carbocycles. The summed E-state index contributed by atoms with van der Waals surface area (Å²) in [5, 5.41) is 8.65. The first-order valence-corrected chi connectivity index (χ1v) is 4.87. The monoisotopic (exact) mass is 265 g/mol. The van der Waals surface area contributed by atoms with Gasteiger partial charge in [-0.05, 0) is 34.0 Å². The standard InChI is InChI=1S/C9H10BrF2NO/c10-8-5(7(13)3-4-14)1-2-6(11)9(8)12/h1-2,7,14H,3-4,13H2. The number of hydrogen-bond acceptors (Lipinski definition) is 2. The van der Waals surface area contributed by atoms with E-state index in [0.717, 1.165) is 6.07 Å². The number of rotatable bonds is 3. The molecule has 1 aromatic rings. The predicted molar refractivity (Wildman–Crippen MR) is 52.7 cm³/mol. The molecule has 0 bridgehead atoms. The molecule has 3 N–H and O–H groups in total. The van der Waals surface area contributed by atoms with Gasteiger partial charge in [-0.1, -0.05) is 6.07 Å². The lowest BCUT2D eigenvalue weighted by atomic mass is 10.1. The molecule has 0 heterocycles. The largest absolute Gasteiger partial charge is 0.396 e. The fourth-order valence-electron chi connectivity index (χ4n) is 1.12. The molecule has 5 heteroatoms. The van der Waals surface area contributed by atoms with Gasteiger partial charge < -0.3 is 10.8 Å². The van der Waals surface area contributed by atoms with Gasteiger partial charge in [-0.3, -0.25) is 0 Å². The molecule has 0 saturated heterocycles. The molecule has 0 radical (unpaired) electrons. The van der Waals surface area contributed by atoms with Crippen LogP contribution in [0, 0.1) is 11.6 Å². The van der Waals surface area contributed by atoms with Gasteiger partial charge in [0.1, 0.15) is 0 Å². The van der Waals surface area contributed by atoms with E-state index in [0.29, 0.717) is 12.0 Å². The van der Waals surface area contributed by atoms with Gasteiger partial charge in [-0.25, -0.2) is 8.78 Å². The van der Waals surface area contributed by atoms with E-state index in [1.807, 2.05) is 0 Å². The summed E-state index contributed by atoms with van der Waals surface area (Å²) in [6.07, 6.45) is 0.309. The van der Waals surface area contributed by atoms with Gasteiger partial charge in [0.2, 0.25) is 0 Å². The van der Waals surface area contributed by atoms with Crippen LogP contribution in [-0.2, 0) is 0 Å². The zero-order valence-corrected chi connectivity index (χ0v) is 8.89. The molecule has 0 amide bonds. The van der Waals surface area contributed by atoms with Gasteiger partial charge >= 0.3 is 0 Å². The first-order chi connectivity index (χ1) is 6.57.